The Bertz CT molecular complexity index is 441. The first-order chi connectivity index (χ1) is 9.31. The van der Waals surface area contributed by atoms with Crippen LogP contribution in [0.25, 0.3) is 0 Å². The standard InChI is InChI=1S/C15H19BrN2O/c16-15-10-14(19-17-15)13-6-8-18(9-7-13)11-12-4-2-1-3-5-12/h1-5,13-14H,6-11H2. The van der Waals surface area contributed by atoms with Crippen LogP contribution in [-0.4, -0.2) is 28.7 Å². The molecule has 3 rings (SSSR count). The summed E-state index contributed by atoms with van der Waals surface area (Å²) in [5, 5.41) is 4.00. The summed E-state index contributed by atoms with van der Waals surface area (Å²) in [5.41, 5.74) is 1.41. The molecule has 1 aromatic carbocycles. The van der Waals surface area contributed by atoms with Crippen LogP contribution >= 0.6 is 15.9 Å². The summed E-state index contributed by atoms with van der Waals surface area (Å²) in [6.07, 6.45) is 3.68. The van der Waals surface area contributed by atoms with Crippen LogP contribution in [0.4, 0.5) is 0 Å². The molecule has 4 heteroatoms. The zero-order valence-corrected chi connectivity index (χ0v) is 12.6. The lowest BCUT2D eigenvalue weighted by atomic mass is 9.90. The van der Waals surface area contributed by atoms with Gasteiger partial charge >= 0.3 is 0 Å². The van der Waals surface area contributed by atoms with Crippen LogP contribution in [0.15, 0.2) is 35.5 Å². The molecule has 102 valence electrons. The van der Waals surface area contributed by atoms with Crippen molar-refractivity contribution in [1.29, 1.82) is 0 Å². The van der Waals surface area contributed by atoms with E-state index in [0.717, 1.165) is 30.7 Å². The van der Waals surface area contributed by atoms with E-state index in [-0.39, 0.29) is 0 Å². The van der Waals surface area contributed by atoms with Crippen molar-refractivity contribution in [3.63, 3.8) is 0 Å². The van der Waals surface area contributed by atoms with E-state index < -0.39 is 0 Å². The molecule has 0 saturated carbocycles. The number of oxime groups is 1. The van der Waals surface area contributed by atoms with Gasteiger partial charge in [0.05, 0.1) is 0 Å². The fraction of sp³-hybridized carbons (Fsp3) is 0.533. The highest BCUT2D eigenvalue weighted by Crippen LogP contribution is 2.29. The van der Waals surface area contributed by atoms with E-state index in [1.54, 1.807) is 0 Å². The number of rotatable bonds is 3. The Morgan fingerprint density at radius 3 is 2.58 bits per heavy atom. The Kier molecular flexibility index (Phi) is 4.18. The minimum Gasteiger partial charge on any atom is -0.391 e. The lowest BCUT2D eigenvalue weighted by molar-refractivity contribution is 0.0127. The number of hydrogen-bond acceptors (Lipinski definition) is 3. The minimum absolute atomic E-state index is 0.299. The summed E-state index contributed by atoms with van der Waals surface area (Å²) in [6.45, 7) is 3.40. The minimum atomic E-state index is 0.299. The Morgan fingerprint density at radius 1 is 1.21 bits per heavy atom. The van der Waals surface area contributed by atoms with Crippen LogP contribution in [0.3, 0.4) is 0 Å². The van der Waals surface area contributed by atoms with Gasteiger partial charge in [-0.05, 0) is 47.4 Å². The zero-order valence-electron chi connectivity index (χ0n) is 11.0. The van der Waals surface area contributed by atoms with E-state index in [1.165, 1.54) is 18.4 Å². The normalized spacial score (nSPS) is 25.1. The van der Waals surface area contributed by atoms with Crippen molar-refractivity contribution >= 4 is 20.6 Å². The maximum Gasteiger partial charge on any atom is 0.136 e. The molecule has 2 heterocycles. The van der Waals surface area contributed by atoms with Crippen molar-refractivity contribution in [2.24, 2.45) is 11.1 Å². The van der Waals surface area contributed by atoms with Gasteiger partial charge in [-0.2, -0.15) is 0 Å². The highest BCUT2D eigenvalue weighted by Gasteiger charge is 2.31. The molecule has 1 atom stereocenters. The Hall–Kier alpha value is -0.870. The molecule has 1 saturated heterocycles. The van der Waals surface area contributed by atoms with E-state index in [9.17, 15) is 0 Å². The SMILES string of the molecule is BrC1=NOC(C2CCN(Cc3ccccc3)CC2)C1. The molecule has 0 aromatic heterocycles. The maximum absolute atomic E-state index is 5.48. The second-order valence-corrected chi connectivity index (χ2v) is 6.33. The smallest absolute Gasteiger partial charge is 0.136 e. The Morgan fingerprint density at radius 2 is 1.95 bits per heavy atom. The molecular weight excluding hydrogens is 304 g/mol. The summed E-state index contributed by atoms with van der Waals surface area (Å²) < 4.78 is 0.962. The molecule has 0 N–H and O–H groups in total. The van der Waals surface area contributed by atoms with Gasteiger partial charge in [0.25, 0.3) is 0 Å². The third-order valence-corrected chi connectivity index (χ3v) is 4.53. The molecular formula is C15H19BrN2O. The number of hydrogen-bond donors (Lipinski definition) is 0. The Balaban J connectivity index is 1.47. The van der Waals surface area contributed by atoms with Gasteiger partial charge < -0.3 is 4.84 Å². The van der Waals surface area contributed by atoms with Gasteiger partial charge in [0, 0.05) is 18.9 Å². The Labute approximate surface area is 122 Å². The molecule has 2 aliphatic heterocycles. The first-order valence-corrected chi connectivity index (χ1v) is 7.75. The monoisotopic (exact) mass is 322 g/mol. The molecule has 1 fully saturated rings. The lowest BCUT2D eigenvalue weighted by Gasteiger charge is -2.33. The molecule has 0 spiro atoms. The predicted octanol–water partition coefficient (Wildman–Crippen LogP) is 3.40. The fourth-order valence-electron chi connectivity index (χ4n) is 2.94. The molecule has 1 aromatic rings. The third-order valence-electron chi connectivity index (χ3n) is 4.06. The molecule has 1 unspecified atom stereocenters. The molecule has 0 amide bonds. The summed E-state index contributed by atoms with van der Waals surface area (Å²) in [4.78, 5) is 8.02. The van der Waals surface area contributed by atoms with E-state index in [4.69, 9.17) is 4.84 Å². The molecule has 3 nitrogen and oxygen atoms in total. The van der Waals surface area contributed by atoms with Gasteiger partial charge in [-0.3, -0.25) is 4.90 Å². The van der Waals surface area contributed by atoms with Crippen LogP contribution in [0.1, 0.15) is 24.8 Å². The zero-order chi connectivity index (χ0) is 13.1. The average molecular weight is 323 g/mol. The number of piperidine rings is 1. The highest BCUT2D eigenvalue weighted by atomic mass is 79.9. The molecule has 19 heavy (non-hydrogen) atoms. The number of halogens is 1. The fourth-order valence-corrected chi connectivity index (χ4v) is 3.35. The highest BCUT2D eigenvalue weighted by molar-refractivity contribution is 9.18. The van der Waals surface area contributed by atoms with Crippen LogP contribution in [0, 0.1) is 5.92 Å². The summed E-state index contributed by atoms with van der Waals surface area (Å²) in [7, 11) is 0. The second kappa shape index (κ2) is 6.06. The maximum atomic E-state index is 5.48. The van der Waals surface area contributed by atoms with Gasteiger partial charge in [0.2, 0.25) is 0 Å². The molecule has 0 radical (unpaired) electrons. The van der Waals surface area contributed by atoms with Gasteiger partial charge in [0.15, 0.2) is 0 Å². The quantitative estimate of drug-likeness (QED) is 0.852. The average Bonchev–Trinajstić information content (AvgIpc) is 2.87. The second-order valence-electron chi connectivity index (χ2n) is 5.41. The van der Waals surface area contributed by atoms with Crippen molar-refractivity contribution < 1.29 is 4.84 Å². The number of nitrogens with zero attached hydrogens (tertiary/aromatic N) is 2. The largest absolute Gasteiger partial charge is 0.391 e. The van der Waals surface area contributed by atoms with E-state index >= 15 is 0 Å². The van der Waals surface area contributed by atoms with E-state index in [1.807, 2.05) is 0 Å². The van der Waals surface area contributed by atoms with Gasteiger partial charge in [-0.15, -0.1) is 0 Å². The summed E-state index contributed by atoms with van der Waals surface area (Å²) in [5.74, 6) is 0.658. The van der Waals surface area contributed by atoms with Crippen LogP contribution in [0.2, 0.25) is 0 Å². The van der Waals surface area contributed by atoms with Crippen LogP contribution in [0.5, 0.6) is 0 Å². The van der Waals surface area contributed by atoms with Crippen LogP contribution < -0.4 is 0 Å². The van der Waals surface area contributed by atoms with Crippen LogP contribution in [-0.2, 0) is 11.4 Å². The third kappa shape index (κ3) is 3.37. The molecule has 0 aliphatic carbocycles. The summed E-state index contributed by atoms with van der Waals surface area (Å²) >= 11 is 3.42. The van der Waals surface area contributed by atoms with Gasteiger partial charge in [-0.25, -0.2) is 0 Å². The van der Waals surface area contributed by atoms with Crippen molar-refractivity contribution in [2.75, 3.05) is 13.1 Å². The van der Waals surface area contributed by atoms with Crippen molar-refractivity contribution in [1.82, 2.24) is 4.90 Å². The molecule has 0 bridgehead atoms. The molecule has 2 aliphatic rings. The first kappa shape index (κ1) is 13.1. The van der Waals surface area contributed by atoms with Crippen molar-refractivity contribution in [3.05, 3.63) is 35.9 Å². The van der Waals surface area contributed by atoms with E-state index in [0.29, 0.717) is 12.0 Å². The summed E-state index contributed by atoms with van der Waals surface area (Å²) in [6, 6.07) is 10.7. The number of likely N-dealkylation sites (tertiary alicyclic amines) is 1. The lowest BCUT2D eigenvalue weighted by Crippen LogP contribution is -2.37. The topological polar surface area (TPSA) is 24.8 Å². The van der Waals surface area contributed by atoms with Gasteiger partial charge in [-0.1, -0.05) is 35.5 Å². The van der Waals surface area contributed by atoms with Crippen molar-refractivity contribution in [2.45, 2.75) is 31.9 Å². The predicted molar refractivity (Wildman–Crippen MR) is 80.3 cm³/mol. The first-order valence-electron chi connectivity index (χ1n) is 6.96. The number of benzene rings is 1. The van der Waals surface area contributed by atoms with Crippen molar-refractivity contribution in [3.8, 4) is 0 Å². The van der Waals surface area contributed by atoms with Gasteiger partial charge in [0.1, 0.15) is 10.7 Å². The van der Waals surface area contributed by atoms with E-state index in [2.05, 4.69) is 56.3 Å².